The minimum absolute atomic E-state index is 0.0496. The van der Waals surface area contributed by atoms with E-state index < -0.39 is 0 Å². The van der Waals surface area contributed by atoms with Crippen molar-refractivity contribution < 1.29 is 4.79 Å². The molecule has 27 heavy (non-hydrogen) atoms. The Hall–Kier alpha value is -2.55. The lowest BCUT2D eigenvalue weighted by Crippen LogP contribution is -2.11. The van der Waals surface area contributed by atoms with Crippen molar-refractivity contribution in [3.8, 4) is 11.3 Å². The number of nitrogens with one attached hydrogen (secondary N) is 2. The molecule has 3 heteroatoms. The number of fused-ring (bicyclic) bond motifs is 1. The second-order valence-corrected chi connectivity index (χ2v) is 7.74. The first-order valence-corrected chi connectivity index (χ1v) is 10.2. The Labute approximate surface area is 161 Å². The average molecular weight is 361 g/mol. The normalized spacial score (nSPS) is 15.2. The zero-order valence-corrected chi connectivity index (χ0v) is 16.3. The molecule has 0 aliphatic heterocycles. The van der Waals surface area contributed by atoms with Gasteiger partial charge in [-0.15, -0.1) is 0 Å². The Morgan fingerprint density at radius 3 is 2.67 bits per heavy atom. The van der Waals surface area contributed by atoms with Crippen molar-refractivity contribution in [2.45, 2.75) is 58.3 Å². The van der Waals surface area contributed by atoms with Gasteiger partial charge in [-0.05, 0) is 48.9 Å². The first-order chi connectivity index (χ1) is 13.2. The first-order valence-electron chi connectivity index (χ1n) is 10.2. The van der Waals surface area contributed by atoms with E-state index in [1.807, 2.05) is 19.1 Å². The number of aryl methyl sites for hydroxylation is 1. The van der Waals surface area contributed by atoms with Crippen LogP contribution in [0.4, 0.5) is 5.69 Å². The molecule has 0 bridgehead atoms. The van der Waals surface area contributed by atoms with Crippen molar-refractivity contribution in [1.82, 2.24) is 4.98 Å². The zero-order valence-electron chi connectivity index (χ0n) is 16.3. The van der Waals surface area contributed by atoms with Gasteiger partial charge in [-0.2, -0.15) is 0 Å². The summed E-state index contributed by atoms with van der Waals surface area (Å²) in [6.07, 6.45) is 6.93. The number of aromatic amines is 1. The maximum absolute atomic E-state index is 12.0. The molecule has 0 spiro atoms. The highest BCUT2D eigenvalue weighted by Crippen LogP contribution is 2.43. The van der Waals surface area contributed by atoms with Crippen LogP contribution >= 0.6 is 0 Å². The third-order valence-corrected chi connectivity index (χ3v) is 5.80. The number of carbonyl (C=O) groups is 1. The molecule has 0 saturated heterocycles. The number of H-pyrrole nitrogens is 1. The van der Waals surface area contributed by atoms with Gasteiger partial charge in [0.25, 0.3) is 0 Å². The molecule has 1 amide bonds. The summed E-state index contributed by atoms with van der Waals surface area (Å²) in [5, 5.41) is 4.42. The Morgan fingerprint density at radius 1 is 1.11 bits per heavy atom. The fraction of sp³-hybridized carbons (Fsp3) is 0.375. The van der Waals surface area contributed by atoms with Crippen molar-refractivity contribution in [1.29, 1.82) is 0 Å². The van der Waals surface area contributed by atoms with Crippen molar-refractivity contribution in [3.05, 3.63) is 53.6 Å². The summed E-state index contributed by atoms with van der Waals surface area (Å²) in [4.78, 5) is 15.7. The van der Waals surface area contributed by atoms with Gasteiger partial charge in [-0.3, -0.25) is 4.79 Å². The lowest BCUT2D eigenvalue weighted by molar-refractivity contribution is -0.115. The second-order valence-electron chi connectivity index (χ2n) is 7.74. The molecule has 0 atom stereocenters. The highest BCUT2D eigenvalue weighted by Gasteiger charge is 2.24. The van der Waals surface area contributed by atoms with Gasteiger partial charge < -0.3 is 10.3 Å². The minimum Gasteiger partial charge on any atom is -0.354 e. The number of para-hydroxylation sites is 1. The van der Waals surface area contributed by atoms with E-state index in [0.717, 1.165) is 11.3 Å². The van der Waals surface area contributed by atoms with E-state index >= 15 is 0 Å². The van der Waals surface area contributed by atoms with Crippen molar-refractivity contribution >= 4 is 22.5 Å². The van der Waals surface area contributed by atoms with Crippen LogP contribution in [-0.4, -0.2) is 10.9 Å². The lowest BCUT2D eigenvalue weighted by Gasteiger charge is -2.23. The van der Waals surface area contributed by atoms with E-state index in [2.05, 4.69) is 47.6 Å². The molecule has 1 saturated carbocycles. The van der Waals surface area contributed by atoms with Crippen molar-refractivity contribution in [3.63, 3.8) is 0 Å². The summed E-state index contributed by atoms with van der Waals surface area (Å²) < 4.78 is 0. The molecular formula is C24H28N2O. The van der Waals surface area contributed by atoms with Crippen LogP contribution in [0.1, 0.15) is 62.5 Å². The molecule has 1 fully saturated rings. The smallest absolute Gasteiger partial charge is 0.224 e. The third-order valence-electron chi connectivity index (χ3n) is 5.80. The summed E-state index contributed by atoms with van der Waals surface area (Å²) in [6, 6.07) is 14.9. The molecule has 2 aromatic carbocycles. The number of amides is 1. The highest BCUT2D eigenvalue weighted by molar-refractivity contribution is 5.98. The van der Waals surface area contributed by atoms with Gasteiger partial charge >= 0.3 is 0 Å². The van der Waals surface area contributed by atoms with Gasteiger partial charge in [0.2, 0.25) is 5.91 Å². The molecule has 1 heterocycles. The summed E-state index contributed by atoms with van der Waals surface area (Å²) in [5.41, 5.74) is 7.05. The Bertz CT molecular complexity index is 964. The number of hydrogen-bond acceptors (Lipinski definition) is 1. The number of aromatic nitrogens is 1. The molecule has 140 valence electrons. The number of rotatable bonds is 4. The van der Waals surface area contributed by atoms with Crippen LogP contribution in [0.15, 0.2) is 42.5 Å². The summed E-state index contributed by atoms with van der Waals surface area (Å²) in [6.45, 7) is 4.02. The van der Waals surface area contributed by atoms with Crippen LogP contribution in [0.3, 0.4) is 0 Å². The summed E-state index contributed by atoms with van der Waals surface area (Å²) >= 11 is 0. The Kier molecular flexibility index (Phi) is 5.02. The highest BCUT2D eigenvalue weighted by atomic mass is 16.1. The fourth-order valence-electron chi connectivity index (χ4n) is 4.41. The van der Waals surface area contributed by atoms with E-state index in [-0.39, 0.29) is 5.91 Å². The number of anilines is 1. The van der Waals surface area contributed by atoms with E-state index in [0.29, 0.717) is 12.3 Å². The van der Waals surface area contributed by atoms with Gasteiger partial charge in [-0.1, -0.05) is 56.5 Å². The molecule has 0 radical (unpaired) electrons. The van der Waals surface area contributed by atoms with Crippen LogP contribution in [-0.2, 0) is 4.79 Å². The molecule has 4 rings (SSSR count). The predicted octanol–water partition coefficient (Wildman–Crippen LogP) is 6.54. The molecule has 3 nitrogen and oxygen atoms in total. The molecule has 1 aliphatic rings. The van der Waals surface area contributed by atoms with E-state index in [9.17, 15) is 4.79 Å². The van der Waals surface area contributed by atoms with Crippen LogP contribution in [0, 0.1) is 6.92 Å². The average Bonchev–Trinajstić information content (AvgIpc) is 3.07. The number of benzene rings is 2. The van der Waals surface area contributed by atoms with Gasteiger partial charge in [0.05, 0.1) is 11.4 Å². The maximum Gasteiger partial charge on any atom is 0.224 e. The van der Waals surface area contributed by atoms with Crippen LogP contribution in [0.5, 0.6) is 0 Å². The van der Waals surface area contributed by atoms with Crippen LogP contribution in [0.25, 0.3) is 22.2 Å². The SMILES string of the molecule is CCC(=O)Nc1ccccc1-c1[nH]c2cc(C)ccc2c1C1CCCCC1. The quantitative estimate of drug-likeness (QED) is 0.545. The molecule has 3 aromatic rings. The zero-order chi connectivity index (χ0) is 18.8. The van der Waals surface area contributed by atoms with Gasteiger partial charge in [-0.25, -0.2) is 0 Å². The maximum atomic E-state index is 12.0. The molecular weight excluding hydrogens is 332 g/mol. The Balaban J connectivity index is 1.90. The van der Waals surface area contributed by atoms with Crippen LogP contribution in [0.2, 0.25) is 0 Å². The van der Waals surface area contributed by atoms with Crippen molar-refractivity contribution in [2.75, 3.05) is 5.32 Å². The summed E-state index contributed by atoms with van der Waals surface area (Å²) in [7, 11) is 0. The lowest BCUT2D eigenvalue weighted by atomic mass is 9.81. The molecule has 1 aromatic heterocycles. The number of carbonyl (C=O) groups excluding carboxylic acids is 1. The van der Waals surface area contributed by atoms with Crippen LogP contribution < -0.4 is 5.32 Å². The fourth-order valence-corrected chi connectivity index (χ4v) is 4.41. The van der Waals surface area contributed by atoms with E-state index in [1.165, 1.54) is 59.8 Å². The second kappa shape index (κ2) is 7.59. The van der Waals surface area contributed by atoms with Gasteiger partial charge in [0.1, 0.15) is 0 Å². The van der Waals surface area contributed by atoms with Crippen molar-refractivity contribution in [2.24, 2.45) is 0 Å². The third kappa shape index (κ3) is 3.51. The van der Waals surface area contributed by atoms with E-state index in [1.54, 1.807) is 0 Å². The topological polar surface area (TPSA) is 44.9 Å². The van der Waals surface area contributed by atoms with E-state index in [4.69, 9.17) is 0 Å². The molecule has 0 unspecified atom stereocenters. The van der Waals surface area contributed by atoms with Gasteiger partial charge in [0.15, 0.2) is 0 Å². The predicted molar refractivity (Wildman–Crippen MR) is 113 cm³/mol. The first kappa shape index (κ1) is 17.8. The minimum atomic E-state index is 0.0496. The summed E-state index contributed by atoms with van der Waals surface area (Å²) in [5.74, 6) is 0.633. The number of hydrogen-bond donors (Lipinski definition) is 2. The standard InChI is InChI=1S/C24H28N2O/c1-3-22(27)25-20-12-8-7-11-19(20)24-23(17-9-5-4-6-10-17)18-14-13-16(2)15-21(18)26-24/h7-8,11-15,17,26H,3-6,9-10H2,1-2H3,(H,25,27). The Morgan fingerprint density at radius 2 is 1.89 bits per heavy atom. The largest absolute Gasteiger partial charge is 0.354 e. The monoisotopic (exact) mass is 360 g/mol. The van der Waals surface area contributed by atoms with Gasteiger partial charge in [0, 0.05) is 22.9 Å². The molecule has 2 N–H and O–H groups in total. The molecule has 1 aliphatic carbocycles.